The normalized spacial score (nSPS) is 15.5. The molecule has 2 aromatic rings. The summed E-state index contributed by atoms with van der Waals surface area (Å²) in [5.41, 5.74) is 0.920. The predicted octanol–water partition coefficient (Wildman–Crippen LogP) is 2.70. The molecule has 2 aromatic heterocycles. The van der Waals surface area contributed by atoms with Gasteiger partial charge in [-0.05, 0) is 58.8 Å². The maximum Gasteiger partial charge on any atom is 0.137 e. The SMILES string of the molecule is COC(C)(C)C.O.c1cc2oc(COC3CCNCC3)cc2cn1. The number of nitrogens with zero attached hydrogens (tertiary/aromatic N) is 1. The van der Waals surface area contributed by atoms with Crippen molar-refractivity contribution in [2.45, 2.75) is 51.9 Å². The van der Waals surface area contributed by atoms with E-state index in [0.29, 0.717) is 12.7 Å². The van der Waals surface area contributed by atoms with Crippen LogP contribution < -0.4 is 5.32 Å². The molecule has 3 heterocycles. The molecule has 6 heteroatoms. The van der Waals surface area contributed by atoms with E-state index < -0.39 is 0 Å². The van der Waals surface area contributed by atoms with E-state index in [4.69, 9.17) is 13.9 Å². The van der Waals surface area contributed by atoms with Gasteiger partial charge in [0.1, 0.15) is 18.0 Å². The second kappa shape index (κ2) is 9.74. The number of hydrogen-bond donors (Lipinski definition) is 1. The van der Waals surface area contributed by atoms with E-state index in [2.05, 4.69) is 10.3 Å². The Kier molecular flexibility index (Phi) is 8.35. The Morgan fingerprint density at radius 2 is 1.96 bits per heavy atom. The van der Waals surface area contributed by atoms with E-state index in [1.54, 1.807) is 13.3 Å². The molecule has 0 saturated carbocycles. The minimum absolute atomic E-state index is 0. The number of methoxy groups -OCH3 is 1. The number of ether oxygens (including phenoxy) is 2. The highest BCUT2D eigenvalue weighted by Crippen LogP contribution is 2.19. The average molecular weight is 338 g/mol. The van der Waals surface area contributed by atoms with Gasteiger partial charge in [0.25, 0.3) is 0 Å². The van der Waals surface area contributed by atoms with Crippen LogP contribution in [0.15, 0.2) is 28.9 Å². The number of furan rings is 1. The van der Waals surface area contributed by atoms with Crippen molar-refractivity contribution in [2.24, 2.45) is 0 Å². The first kappa shape index (κ1) is 20.6. The molecule has 0 aliphatic carbocycles. The Hall–Kier alpha value is -1.47. The van der Waals surface area contributed by atoms with Crippen molar-refractivity contribution in [3.8, 4) is 0 Å². The molecule has 1 saturated heterocycles. The zero-order valence-corrected chi connectivity index (χ0v) is 15.1. The molecular weight excluding hydrogens is 308 g/mol. The summed E-state index contributed by atoms with van der Waals surface area (Å²) in [4.78, 5) is 4.07. The standard InChI is InChI=1S/C13H16N2O2.C5H12O.H2O/c1-4-14-5-2-11(1)16-9-12-7-10-8-15-6-3-13(10)17-12;1-5(2,3)6-4;/h3,6-8,11,14H,1-2,4-5,9H2;1-4H3;1H2. The fourth-order valence-corrected chi connectivity index (χ4v) is 2.17. The van der Waals surface area contributed by atoms with Crippen molar-refractivity contribution >= 4 is 11.0 Å². The smallest absolute Gasteiger partial charge is 0.137 e. The molecule has 0 spiro atoms. The molecule has 1 aliphatic heterocycles. The van der Waals surface area contributed by atoms with Crippen molar-refractivity contribution < 1.29 is 19.4 Å². The Morgan fingerprint density at radius 1 is 1.29 bits per heavy atom. The van der Waals surface area contributed by atoms with Gasteiger partial charge in [-0.3, -0.25) is 4.98 Å². The first-order valence-electron chi connectivity index (χ1n) is 8.18. The summed E-state index contributed by atoms with van der Waals surface area (Å²) in [6.45, 7) is 8.72. The van der Waals surface area contributed by atoms with E-state index in [9.17, 15) is 0 Å². The van der Waals surface area contributed by atoms with E-state index in [1.165, 1.54) is 0 Å². The lowest BCUT2D eigenvalue weighted by molar-refractivity contribution is 0.0135. The zero-order chi connectivity index (χ0) is 16.7. The van der Waals surface area contributed by atoms with Crippen LogP contribution in [0.5, 0.6) is 0 Å². The van der Waals surface area contributed by atoms with Crippen LogP contribution in [0.4, 0.5) is 0 Å². The summed E-state index contributed by atoms with van der Waals surface area (Å²) in [5, 5.41) is 4.36. The minimum atomic E-state index is 0. The molecular formula is C18H30N2O4. The van der Waals surface area contributed by atoms with Crippen LogP contribution in [0.2, 0.25) is 0 Å². The lowest BCUT2D eigenvalue weighted by Crippen LogP contribution is -2.32. The van der Waals surface area contributed by atoms with Gasteiger partial charge in [0.05, 0.1) is 11.7 Å². The molecule has 6 nitrogen and oxygen atoms in total. The van der Waals surface area contributed by atoms with Crippen molar-refractivity contribution in [1.29, 1.82) is 0 Å². The van der Waals surface area contributed by atoms with Crippen LogP contribution in [0.25, 0.3) is 11.0 Å². The number of fused-ring (bicyclic) bond motifs is 1. The average Bonchev–Trinajstić information content (AvgIpc) is 2.97. The predicted molar refractivity (Wildman–Crippen MR) is 95.1 cm³/mol. The third-order valence-electron chi connectivity index (χ3n) is 3.73. The number of pyridine rings is 1. The van der Waals surface area contributed by atoms with Crippen LogP contribution in [0, 0.1) is 0 Å². The van der Waals surface area contributed by atoms with Gasteiger partial charge in [0.15, 0.2) is 0 Å². The van der Waals surface area contributed by atoms with Crippen LogP contribution in [-0.4, -0.2) is 42.4 Å². The van der Waals surface area contributed by atoms with Gasteiger partial charge in [-0.1, -0.05) is 0 Å². The lowest BCUT2D eigenvalue weighted by Gasteiger charge is -2.22. The number of nitrogens with one attached hydrogen (secondary N) is 1. The molecule has 1 fully saturated rings. The third-order valence-corrected chi connectivity index (χ3v) is 3.73. The van der Waals surface area contributed by atoms with E-state index >= 15 is 0 Å². The summed E-state index contributed by atoms with van der Waals surface area (Å²) in [6.07, 6.45) is 6.09. The number of aromatic nitrogens is 1. The fourth-order valence-electron chi connectivity index (χ4n) is 2.17. The summed E-state index contributed by atoms with van der Waals surface area (Å²) >= 11 is 0. The second-order valence-electron chi connectivity index (χ2n) is 6.70. The Morgan fingerprint density at radius 3 is 2.54 bits per heavy atom. The largest absolute Gasteiger partial charge is 0.458 e. The summed E-state index contributed by atoms with van der Waals surface area (Å²) in [6, 6.07) is 3.88. The van der Waals surface area contributed by atoms with E-state index in [-0.39, 0.29) is 11.1 Å². The molecule has 1 aliphatic rings. The van der Waals surface area contributed by atoms with Gasteiger partial charge in [-0.15, -0.1) is 0 Å². The molecule has 24 heavy (non-hydrogen) atoms. The van der Waals surface area contributed by atoms with E-state index in [0.717, 1.165) is 42.7 Å². The Bertz CT molecular complexity index is 553. The first-order chi connectivity index (χ1) is 11.0. The molecule has 0 amide bonds. The molecule has 0 aromatic carbocycles. The van der Waals surface area contributed by atoms with Gasteiger partial charge in [-0.25, -0.2) is 0 Å². The molecule has 0 radical (unpaired) electrons. The topological polar surface area (TPSA) is 88.0 Å². The highest BCUT2D eigenvalue weighted by molar-refractivity contribution is 5.76. The summed E-state index contributed by atoms with van der Waals surface area (Å²) in [7, 11) is 1.71. The van der Waals surface area contributed by atoms with Crippen LogP contribution >= 0.6 is 0 Å². The molecule has 0 atom stereocenters. The molecule has 0 bridgehead atoms. The maximum absolute atomic E-state index is 5.84. The fraction of sp³-hybridized carbons (Fsp3) is 0.611. The van der Waals surface area contributed by atoms with E-state index in [1.807, 2.05) is 39.1 Å². The lowest BCUT2D eigenvalue weighted by atomic mass is 10.1. The van der Waals surface area contributed by atoms with Crippen molar-refractivity contribution in [2.75, 3.05) is 20.2 Å². The van der Waals surface area contributed by atoms with Crippen LogP contribution in [0.1, 0.15) is 39.4 Å². The quantitative estimate of drug-likeness (QED) is 0.929. The monoisotopic (exact) mass is 338 g/mol. The van der Waals surface area contributed by atoms with Gasteiger partial charge in [-0.2, -0.15) is 0 Å². The van der Waals surface area contributed by atoms with Gasteiger partial charge < -0.3 is 24.7 Å². The third kappa shape index (κ3) is 6.97. The number of rotatable bonds is 3. The van der Waals surface area contributed by atoms with Crippen LogP contribution in [0.3, 0.4) is 0 Å². The number of piperidine rings is 1. The Balaban J connectivity index is 0.000000359. The number of hydrogen-bond acceptors (Lipinski definition) is 5. The van der Waals surface area contributed by atoms with Gasteiger partial charge in [0, 0.05) is 24.9 Å². The van der Waals surface area contributed by atoms with Crippen molar-refractivity contribution in [3.05, 3.63) is 30.3 Å². The first-order valence-corrected chi connectivity index (χ1v) is 8.18. The van der Waals surface area contributed by atoms with Crippen LogP contribution in [-0.2, 0) is 16.1 Å². The summed E-state index contributed by atoms with van der Waals surface area (Å²) in [5.74, 6) is 0.881. The highest BCUT2D eigenvalue weighted by Gasteiger charge is 2.14. The molecule has 3 N–H and O–H groups in total. The van der Waals surface area contributed by atoms with Crippen molar-refractivity contribution in [1.82, 2.24) is 10.3 Å². The van der Waals surface area contributed by atoms with Crippen molar-refractivity contribution in [3.63, 3.8) is 0 Å². The minimum Gasteiger partial charge on any atom is -0.458 e. The van der Waals surface area contributed by atoms with Gasteiger partial charge in [0.2, 0.25) is 0 Å². The maximum atomic E-state index is 5.84. The van der Waals surface area contributed by atoms with Gasteiger partial charge >= 0.3 is 0 Å². The zero-order valence-electron chi connectivity index (χ0n) is 15.1. The molecule has 136 valence electrons. The molecule has 3 rings (SSSR count). The Labute approximate surface area is 143 Å². The molecule has 0 unspecified atom stereocenters. The second-order valence-corrected chi connectivity index (χ2v) is 6.70. The summed E-state index contributed by atoms with van der Waals surface area (Å²) < 4.78 is 16.5. The highest BCUT2D eigenvalue weighted by atomic mass is 16.5.